The van der Waals surface area contributed by atoms with E-state index < -0.39 is 5.82 Å². The van der Waals surface area contributed by atoms with Gasteiger partial charge in [-0.3, -0.25) is 0 Å². The van der Waals surface area contributed by atoms with E-state index in [0.717, 1.165) is 5.69 Å². The number of benzene rings is 1. The molecule has 0 spiro atoms. The minimum absolute atomic E-state index is 0.203. The number of aromatic nitrogens is 2. The Hall–Kier alpha value is -1.97. The fourth-order valence-corrected chi connectivity index (χ4v) is 1.20. The molecule has 15 heavy (non-hydrogen) atoms. The van der Waals surface area contributed by atoms with E-state index >= 15 is 0 Å². The number of nitrogens with one attached hydrogen (secondary N) is 1. The van der Waals surface area contributed by atoms with Gasteiger partial charge in [-0.25, -0.2) is 14.4 Å². The monoisotopic (exact) mass is 203 g/mol. The summed E-state index contributed by atoms with van der Waals surface area (Å²) in [5, 5.41) is 2.89. The minimum Gasteiger partial charge on any atom is -0.338 e. The Kier molecular flexibility index (Phi) is 2.58. The molecule has 2 rings (SSSR count). The molecular weight excluding hydrogens is 193 g/mol. The second-order valence-corrected chi connectivity index (χ2v) is 3.11. The summed E-state index contributed by atoms with van der Waals surface area (Å²) in [6.45, 7) is 1.60. The summed E-state index contributed by atoms with van der Waals surface area (Å²) < 4.78 is 13.5. The van der Waals surface area contributed by atoms with Crippen LogP contribution in [0.15, 0.2) is 36.7 Å². The fourth-order valence-electron chi connectivity index (χ4n) is 1.20. The normalized spacial score (nSPS) is 10.0. The van der Waals surface area contributed by atoms with Crippen molar-refractivity contribution in [3.63, 3.8) is 0 Å². The lowest BCUT2D eigenvalue weighted by molar-refractivity contribution is 0.607. The van der Waals surface area contributed by atoms with Gasteiger partial charge in [0, 0.05) is 5.69 Å². The van der Waals surface area contributed by atoms with Crippen LogP contribution in [0.3, 0.4) is 0 Å². The Balaban J connectivity index is 2.29. The first-order valence-electron chi connectivity index (χ1n) is 4.56. The van der Waals surface area contributed by atoms with Crippen LogP contribution in [0.25, 0.3) is 0 Å². The van der Waals surface area contributed by atoms with Gasteiger partial charge in [-0.1, -0.05) is 18.2 Å². The van der Waals surface area contributed by atoms with Crippen LogP contribution in [-0.2, 0) is 0 Å². The van der Waals surface area contributed by atoms with E-state index in [-0.39, 0.29) is 5.82 Å². The molecule has 1 aromatic heterocycles. The molecule has 0 saturated carbocycles. The molecule has 0 aliphatic rings. The number of hydrogen-bond acceptors (Lipinski definition) is 3. The highest BCUT2D eigenvalue weighted by Crippen LogP contribution is 2.17. The quantitative estimate of drug-likeness (QED) is 0.815. The first kappa shape index (κ1) is 9.58. The van der Waals surface area contributed by atoms with E-state index in [2.05, 4.69) is 15.3 Å². The zero-order valence-electron chi connectivity index (χ0n) is 8.24. The van der Waals surface area contributed by atoms with Gasteiger partial charge >= 0.3 is 0 Å². The molecule has 0 aliphatic carbocycles. The largest absolute Gasteiger partial charge is 0.338 e. The summed E-state index contributed by atoms with van der Waals surface area (Å²) in [5.41, 5.74) is 1.14. The predicted molar refractivity (Wildman–Crippen MR) is 56.5 cm³/mol. The Labute approximate surface area is 87.0 Å². The van der Waals surface area contributed by atoms with E-state index in [1.54, 1.807) is 6.92 Å². The lowest BCUT2D eigenvalue weighted by Gasteiger charge is -2.06. The fraction of sp³-hybridized carbons (Fsp3) is 0.0909. The van der Waals surface area contributed by atoms with Gasteiger partial charge in [0.25, 0.3) is 0 Å². The number of anilines is 2. The number of rotatable bonds is 2. The molecule has 0 unspecified atom stereocenters. The molecule has 1 aromatic carbocycles. The van der Waals surface area contributed by atoms with Gasteiger partial charge in [-0.2, -0.15) is 0 Å². The smallest absolute Gasteiger partial charge is 0.186 e. The topological polar surface area (TPSA) is 37.8 Å². The Morgan fingerprint density at radius 1 is 1.13 bits per heavy atom. The molecule has 1 heterocycles. The summed E-state index contributed by atoms with van der Waals surface area (Å²) in [7, 11) is 0. The molecule has 3 nitrogen and oxygen atoms in total. The van der Waals surface area contributed by atoms with Gasteiger partial charge in [-0.05, 0) is 19.1 Å². The van der Waals surface area contributed by atoms with Gasteiger partial charge in [0.15, 0.2) is 11.6 Å². The van der Waals surface area contributed by atoms with Gasteiger partial charge in [0.05, 0.1) is 5.69 Å². The van der Waals surface area contributed by atoms with Crippen molar-refractivity contribution >= 4 is 11.5 Å². The summed E-state index contributed by atoms with van der Waals surface area (Å²) in [4.78, 5) is 7.59. The van der Waals surface area contributed by atoms with Crippen molar-refractivity contribution in [1.29, 1.82) is 0 Å². The number of hydrogen-bond donors (Lipinski definition) is 1. The number of aryl methyl sites for hydroxylation is 1. The van der Waals surface area contributed by atoms with Gasteiger partial charge in [-0.15, -0.1) is 0 Å². The standard InChI is InChI=1S/C11H10FN3/c1-8-10(12)11(14-7-13-8)15-9-5-3-2-4-6-9/h2-7H,1H3,(H,13,14,15). The molecular formula is C11H10FN3. The predicted octanol–water partition coefficient (Wildman–Crippen LogP) is 2.67. The average Bonchev–Trinajstić information content (AvgIpc) is 2.26. The molecule has 4 heteroatoms. The van der Waals surface area contributed by atoms with Crippen LogP contribution < -0.4 is 5.32 Å². The molecule has 2 aromatic rings. The average molecular weight is 203 g/mol. The minimum atomic E-state index is -0.415. The third kappa shape index (κ3) is 2.10. The highest BCUT2D eigenvalue weighted by Gasteiger charge is 2.06. The first-order valence-corrected chi connectivity index (χ1v) is 4.56. The zero-order valence-corrected chi connectivity index (χ0v) is 8.24. The van der Waals surface area contributed by atoms with Crippen LogP contribution in [0.4, 0.5) is 15.9 Å². The van der Waals surface area contributed by atoms with Crippen molar-refractivity contribution in [3.05, 3.63) is 48.2 Å². The number of nitrogens with zero attached hydrogens (tertiary/aromatic N) is 2. The van der Waals surface area contributed by atoms with E-state index in [1.165, 1.54) is 6.33 Å². The molecule has 0 atom stereocenters. The van der Waals surface area contributed by atoms with Crippen molar-refractivity contribution in [3.8, 4) is 0 Å². The maximum Gasteiger partial charge on any atom is 0.186 e. The Morgan fingerprint density at radius 2 is 1.87 bits per heavy atom. The third-order valence-electron chi connectivity index (χ3n) is 2.00. The Bertz CT molecular complexity index is 457. The second-order valence-electron chi connectivity index (χ2n) is 3.11. The SMILES string of the molecule is Cc1ncnc(Nc2ccccc2)c1F. The molecule has 0 fully saturated rings. The molecule has 0 saturated heterocycles. The molecule has 76 valence electrons. The molecule has 0 amide bonds. The van der Waals surface area contributed by atoms with E-state index in [0.29, 0.717) is 5.69 Å². The second kappa shape index (κ2) is 4.04. The van der Waals surface area contributed by atoms with Crippen molar-refractivity contribution in [2.24, 2.45) is 0 Å². The zero-order chi connectivity index (χ0) is 10.7. The van der Waals surface area contributed by atoms with Crippen LogP contribution in [-0.4, -0.2) is 9.97 Å². The lowest BCUT2D eigenvalue weighted by Crippen LogP contribution is -2.00. The van der Waals surface area contributed by atoms with Gasteiger partial charge in [0.2, 0.25) is 0 Å². The van der Waals surface area contributed by atoms with Crippen molar-refractivity contribution in [1.82, 2.24) is 9.97 Å². The van der Waals surface area contributed by atoms with Crippen LogP contribution in [0.1, 0.15) is 5.69 Å². The lowest BCUT2D eigenvalue weighted by atomic mass is 10.3. The van der Waals surface area contributed by atoms with Crippen molar-refractivity contribution in [2.45, 2.75) is 6.92 Å². The summed E-state index contributed by atoms with van der Waals surface area (Å²) in [6.07, 6.45) is 1.34. The first-order chi connectivity index (χ1) is 7.27. The van der Waals surface area contributed by atoms with Gasteiger partial charge < -0.3 is 5.32 Å². The number of para-hydroxylation sites is 1. The summed E-state index contributed by atoms with van der Waals surface area (Å²) in [5.74, 6) is -0.213. The van der Waals surface area contributed by atoms with Crippen molar-refractivity contribution < 1.29 is 4.39 Å². The summed E-state index contributed by atoms with van der Waals surface area (Å²) >= 11 is 0. The molecule has 0 aliphatic heterocycles. The third-order valence-corrected chi connectivity index (χ3v) is 2.00. The van der Waals surface area contributed by atoms with Crippen LogP contribution in [0.5, 0.6) is 0 Å². The van der Waals surface area contributed by atoms with Gasteiger partial charge in [0.1, 0.15) is 6.33 Å². The van der Waals surface area contributed by atoms with Crippen LogP contribution >= 0.6 is 0 Å². The van der Waals surface area contributed by atoms with E-state index in [1.807, 2.05) is 30.3 Å². The maximum absolute atomic E-state index is 13.5. The van der Waals surface area contributed by atoms with Crippen LogP contribution in [0, 0.1) is 12.7 Å². The van der Waals surface area contributed by atoms with Crippen LogP contribution in [0.2, 0.25) is 0 Å². The number of halogens is 1. The Morgan fingerprint density at radius 3 is 2.60 bits per heavy atom. The summed E-state index contributed by atoms with van der Waals surface area (Å²) in [6, 6.07) is 9.32. The molecule has 1 N–H and O–H groups in total. The van der Waals surface area contributed by atoms with E-state index in [4.69, 9.17) is 0 Å². The molecule has 0 bridgehead atoms. The highest BCUT2D eigenvalue weighted by molar-refractivity contribution is 5.56. The molecule has 0 radical (unpaired) electrons. The highest BCUT2D eigenvalue weighted by atomic mass is 19.1. The maximum atomic E-state index is 13.5. The van der Waals surface area contributed by atoms with E-state index in [9.17, 15) is 4.39 Å². The van der Waals surface area contributed by atoms with Crippen molar-refractivity contribution in [2.75, 3.05) is 5.32 Å².